The molecule has 0 amide bonds. The second-order valence-electron chi connectivity index (χ2n) is 5.72. The van der Waals surface area contributed by atoms with Crippen molar-refractivity contribution in [1.29, 1.82) is 0 Å². The van der Waals surface area contributed by atoms with Crippen LogP contribution in [0.15, 0.2) is 9.26 Å². The molecular weight excluding hydrogens is 488 g/mol. The van der Waals surface area contributed by atoms with Gasteiger partial charge < -0.3 is 10.6 Å². The third kappa shape index (κ3) is 3.82. The molecule has 2 N–H and O–H groups in total. The third-order valence-electron chi connectivity index (χ3n) is 3.94. The molecule has 0 aromatic carbocycles. The molecular formula is C8H6N12O14. The monoisotopic (exact) mass is 494 g/mol. The lowest BCUT2D eigenvalue weighted by molar-refractivity contribution is -0.965. The van der Waals surface area contributed by atoms with E-state index in [0.29, 0.717) is 0 Å². The van der Waals surface area contributed by atoms with Crippen molar-refractivity contribution >= 4 is 11.6 Å². The molecule has 0 aliphatic heterocycles. The third-order valence-corrected chi connectivity index (χ3v) is 3.94. The van der Waals surface area contributed by atoms with Gasteiger partial charge in [-0.05, 0) is 20.6 Å². The molecule has 0 aliphatic rings. The first-order valence-electron chi connectivity index (χ1n) is 7.82. The van der Waals surface area contributed by atoms with Crippen LogP contribution in [0.4, 0.5) is 11.6 Å². The number of aromatic nitrogens is 4. The summed E-state index contributed by atoms with van der Waals surface area (Å²) in [6.07, 6.45) is 0. The number of nitrogens with one attached hydrogen (secondary N) is 2. The van der Waals surface area contributed by atoms with Crippen molar-refractivity contribution in [1.82, 2.24) is 20.6 Å². The molecule has 26 heteroatoms. The topological polar surface area (TPSA) is 361 Å². The van der Waals surface area contributed by atoms with E-state index < -0.39 is 77.2 Å². The summed E-state index contributed by atoms with van der Waals surface area (Å²) in [7, 11) is 0. The smallest absolute Gasteiger partial charge is 0.345 e. The molecule has 0 unspecified atom stereocenters. The Hall–Kier alpha value is -5.72. The molecule has 0 aliphatic carbocycles. The van der Waals surface area contributed by atoms with Crippen molar-refractivity contribution in [3.8, 4) is 11.4 Å². The Labute approximate surface area is 179 Å². The van der Waals surface area contributed by atoms with E-state index in [0.717, 1.165) is 0 Å². The number of rotatable bonds is 13. The minimum Gasteiger partial charge on any atom is -0.345 e. The van der Waals surface area contributed by atoms with Crippen LogP contribution in [0.3, 0.4) is 0 Å². The highest BCUT2D eigenvalue weighted by atomic mass is 16.7. The van der Waals surface area contributed by atoms with Crippen LogP contribution in [0.25, 0.3) is 11.4 Å². The Morgan fingerprint density at radius 2 is 0.824 bits per heavy atom. The second-order valence-corrected chi connectivity index (χ2v) is 5.72. The highest BCUT2D eigenvalue weighted by Crippen LogP contribution is 2.29. The minimum atomic E-state index is -3.97. The van der Waals surface area contributed by atoms with Gasteiger partial charge in [-0.15, -0.1) is 0 Å². The van der Waals surface area contributed by atoms with Gasteiger partial charge in [-0.25, -0.2) is 9.26 Å². The molecule has 182 valence electrons. The van der Waals surface area contributed by atoms with E-state index in [1.54, 1.807) is 0 Å². The molecule has 2 heterocycles. The van der Waals surface area contributed by atoms with Gasteiger partial charge in [-0.2, -0.15) is 0 Å². The van der Waals surface area contributed by atoms with E-state index in [4.69, 9.17) is 0 Å². The number of hydrogen-bond acceptors (Lipinski definition) is 20. The number of nitro groups is 6. The Balaban J connectivity index is 2.36. The molecule has 2 rings (SSSR count). The van der Waals surface area contributed by atoms with Crippen molar-refractivity contribution in [3.63, 3.8) is 0 Å². The highest BCUT2D eigenvalue weighted by molar-refractivity contribution is 5.75. The average Bonchev–Trinajstić information content (AvgIpc) is 3.36. The molecule has 0 radical (unpaired) electrons. The lowest BCUT2D eigenvalue weighted by Crippen LogP contribution is -2.58. The van der Waals surface area contributed by atoms with Gasteiger partial charge >= 0.3 is 11.6 Å². The summed E-state index contributed by atoms with van der Waals surface area (Å²) in [5, 5.41) is 82.5. The Morgan fingerprint density at radius 3 is 1.06 bits per heavy atom. The zero-order chi connectivity index (χ0) is 25.8. The van der Waals surface area contributed by atoms with Crippen molar-refractivity contribution in [2.75, 3.05) is 23.7 Å². The van der Waals surface area contributed by atoms with Crippen LogP contribution in [-0.4, -0.2) is 74.8 Å². The maximum Gasteiger partial charge on any atom is 0.717 e. The van der Waals surface area contributed by atoms with E-state index in [9.17, 15) is 60.7 Å². The molecule has 0 saturated carbocycles. The Bertz CT molecular complexity index is 1010. The predicted octanol–water partition coefficient (Wildman–Crippen LogP) is -2.09. The molecule has 0 bridgehead atoms. The van der Waals surface area contributed by atoms with Crippen LogP contribution in [0, 0.1) is 60.7 Å². The Kier molecular flexibility index (Phi) is 6.35. The maximum absolute atomic E-state index is 11.0. The molecule has 0 fully saturated rings. The summed E-state index contributed by atoms with van der Waals surface area (Å²) in [5.74, 6) is -9.44. The van der Waals surface area contributed by atoms with Crippen LogP contribution < -0.4 is 10.6 Å². The van der Waals surface area contributed by atoms with Crippen LogP contribution >= 0.6 is 0 Å². The molecule has 2 aromatic rings. The van der Waals surface area contributed by atoms with Crippen LogP contribution in [-0.2, 0) is 0 Å². The summed E-state index contributed by atoms with van der Waals surface area (Å²) in [6.45, 7) is -3.22. The quantitative estimate of drug-likeness (QED) is 0.171. The van der Waals surface area contributed by atoms with E-state index in [2.05, 4.69) is 29.9 Å². The summed E-state index contributed by atoms with van der Waals surface area (Å²) >= 11 is 0. The lowest BCUT2D eigenvalue weighted by Gasteiger charge is -2.10. The van der Waals surface area contributed by atoms with Crippen molar-refractivity contribution in [3.05, 3.63) is 60.7 Å². The first-order chi connectivity index (χ1) is 15.8. The highest BCUT2D eigenvalue weighted by Gasteiger charge is 2.71. The zero-order valence-corrected chi connectivity index (χ0v) is 15.6. The van der Waals surface area contributed by atoms with E-state index in [1.165, 1.54) is 0 Å². The average molecular weight is 494 g/mol. The van der Waals surface area contributed by atoms with Gasteiger partial charge in [0.25, 0.3) is 0 Å². The summed E-state index contributed by atoms with van der Waals surface area (Å²) < 4.78 is 8.59. The van der Waals surface area contributed by atoms with E-state index in [1.807, 2.05) is 10.6 Å². The predicted molar refractivity (Wildman–Crippen MR) is 92.0 cm³/mol. The molecule has 26 nitrogen and oxygen atoms in total. The normalized spacial score (nSPS) is 11.4. The molecule has 0 atom stereocenters. The first-order valence-corrected chi connectivity index (χ1v) is 7.82. The number of hydrogen-bond donors (Lipinski definition) is 2. The molecule has 0 spiro atoms. The van der Waals surface area contributed by atoms with E-state index in [-0.39, 0.29) is 0 Å². The van der Waals surface area contributed by atoms with Crippen LogP contribution in [0.5, 0.6) is 0 Å². The summed E-state index contributed by atoms with van der Waals surface area (Å²) in [6, 6.07) is 0. The van der Waals surface area contributed by atoms with Gasteiger partial charge in [0.05, 0.1) is 0 Å². The fourth-order valence-corrected chi connectivity index (χ4v) is 2.11. The van der Waals surface area contributed by atoms with Gasteiger partial charge in [0.2, 0.25) is 24.7 Å². The minimum absolute atomic E-state index is 0.665. The lowest BCUT2D eigenvalue weighted by atomic mass is 10.2. The second kappa shape index (κ2) is 8.80. The van der Waals surface area contributed by atoms with Gasteiger partial charge in [0, 0.05) is 0 Å². The van der Waals surface area contributed by atoms with E-state index >= 15 is 0 Å². The molecule has 2 aromatic heterocycles. The Morgan fingerprint density at radius 1 is 0.559 bits per heavy atom. The molecule has 0 saturated heterocycles. The summed E-state index contributed by atoms with van der Waals surface area (Å²) in [5.41, 5.74) is -1.33. The number of anilines is 2. The largest absolute Gasteiger partial charge is 0.717 e. The van der Waals surface area contributed by atoms with Gasteiger partial charge in [0.15, 0.2) is 40.9 Å². The van der Waals surface area contributed by atoms with Crippen molar-refractivity contribution in [2.45, 2.75) is 11.6 Å². The standard InChI is InChI=1S/C8H6N12O14/c21-15(22)7(16(23)24,17(25)26)1-9-5-3(11-33-13-5)4-6(14-34-12-4)10-2-8(18(27)28,19(29)30)20(31)32/h1-2H2,(H,9,13)(H,10,14). The summed E-state index contributed by atoms with van der Waals surface area (Å²) in [4.78, 5) is 55.1. The first kappa shape index (κ1) is 24.5. The number of nitrogens with zero attached hydrogens (tertiary/aromatic N) is 10. The fourth-order valence-electron chi connectivity index (χ4n) is 2.11. The fraction of sp³-hybridized carbons (Fsp3) is 0.500. The van der Waals surface area contributed by atoms with Gasteiger partial charge in [-0.3, -0.25) is 60.7 Å². The molecule has 34 heavy (non-hydrogen) atoms. The van der Waals surface area contributed by atoms with Gasteiger partial charge in [-0.1, -0.05) is 0 Å². The van der Waals surface area contributed by atoms with Crippen molar-refractivity contribution in [2.24, 2.45) is 0 Å². The van der Waals surface area contributed by atoms with Crippen molar-refractivity contribution < 1.29 is 38.8 Å². The maximum atomic E-state index is 11.0. The van der Waals surface area contributed by atoms with Crippen LogP contribution in [0.2, 0.25) is 0 Å². The zero-order valence-electron chi connectivity index (χ0n) is 15.6. The van der Waals surface area contributed by atoms with Gasteiger partial charge in [0.1, 0.15) is 0 Å². The SMILES string of the molecule is O=[N+]([O-])C(CNc1nonc1-c1nonc1NCC([N+](=O)[O-])([N+](=O)[O-])[N+](=O)[O-])([N+](=O)[O-])[N+](=O)[O-]. The van der Waals surface area contributed by atoms with Crippen LogP contribution in [0.1, 0.15) is 0 Å².